The molecule has 2 fully saturated rings. The SMILES string of the molecule is O=C(N[C@H](C1CC1)C(F)(F)F)c1ccc2c(n1)N(C(=O)Nc1ccccn1)C1CCN2C1. The highest BCUT2D eigenvalue weighted by atomic mass is 19.4. The molecule has 2 aromatic heterocycles. The third-order valence-corrected chi connectivity index (χ3v) is 6.04. The number of aromatic nitrogens is 2. The van der Waals surface area contributed by atoms with Crippen molar-refractivity contribution >= 4 is 29.3 Å². The fraction of sp³-hybridized carbons (Fsp3) is 0.429. The first kappa shape index (κ1) is 20.5. The molecule has 32 heavy (non-hydrogen) atoms. The Labute approximate surface area is 181 Å². The van der Waals surface area contributed by atoms with Crippen molar-refractivity contribution in [2.24, 2.45) is 5.92 Å². The maximum atomic E-state index is 13.3. The summed E-state index contributed by atoms with van der Waals surface area (Å²) in [5.74, 6) is -0.875. The van der Waals surface area contributed by atoms with Crippen LogP contribution in [-0.2, 0) is 0 Å². The summed E-state index contributed by atoms with van der Waals surface area (Å²) in [4.78, 5) is 37.7. The van der Waals surface area contributed by atoms with Crippen LogP contribution in [0.5, 0.6) is 0 Å². The Morgan fingerprint density at radius 1 is 1.12 bits per heavy atom. The molecule has 2 bridgehead atoms. The van der Waals surface area contributed by atoms with Gasteiger partial charge in [0.05, 0.1) is 11.7 Å². The molecule has 5 rings (SSSR count). The van der Waals surface area contributed by atoms with Gasteiger partial charge in [-0.1, -0.05) is 6.07 Å². The maximum Gasteiger partial charge on any atom is 0.408 e. The molecular formula is C21H21F3N6O2. The summed E-state index contributed by atoms with van der Waals surface area (Å²) in [6, 6.07) is 5.65. The van der Waals surface area contributed by atoms with Crippen LogP contribution in [-0.4, -0.2) is 53.3 Å². The Hall–Kier alpha value is -3.37. The largest absolute Gasteiger partial charge is 0.408 e. The summed E-state index contributed by atoms with van der Waals surface area (Å²) in [5.41, 5.74) is 0.512. The van der Waals surface area contributed by atoms with Gasteiger partial charge in [-0.25, -0.2) is 14.8 Å². The Morgan fingerprint density at radius 2 is 1.94 bits per heavy atom. The van der Waals surface area contributed by atoms with Crippen molar-refractivity contribution in [1.29, 1.82) is 0 Å². The number of rotatable bonds is 4. The van der Waals surface area contributed by atoms with E-state index < -0.39 is 30.1 Å². The lowest BCUT2D eigenvalue weighted by Crippen LogP contribution is -2.49. The van der Waals surface area contributed by atoms with Crippen LogP contribution in [0.3, 0.4) is 0 Å². The number of nitrogens with zero attached hydrogens (tertiary/aromatic N) is 4. The smallest absolute Gasteiger partial charge is 0.366 e. The van der Waals surface area contributed by atoms with Crippen LogP contribution in [0.15, 0.2) is 36.5 Å². The Morgan fingerprint density at radius 3 is 2.62 bits per heavy atom. The van der Waals surface area contributed by atoms with Crippen LogP contribution < -0.4 is 20.4 Å². The van der Waals surface area contributed by atoms with Crippen LogP contribution in [0, 0.1) is 5.92 Å². The lowest BCUT2D eigenvalue weighted by Gasteiger charge is -2.35. The predicted molar refractivity (Wildman–Crippen MR) is 111 cm³/mol. The van der Waals surface area contributed by atoms with Crippen molar-refractivity contribution in [2.45, 2.75) is 37.5 Å². The molecule has 11 heteroatoms. The minimum absolute atomic E-state index is 0.156. The second-order valence-corrected chi connectivity index (χ2v) is 8.27. The number of fused-ring (bicyclic) bond motifs is 4. The lowest BCUT2D eigenvalue weighted by atomic mass is 10.1. The van der Waals surface area contributed by atoms with Crippen LogP contribution in [0.4, 0.5) is 35.3 Å². The number of carbonyl (C=O) groups is 2. The van der Waals surface area contributed by atoms with Crippen molar-refractivity contribution in [3.8, 4) is 0 Å². The van der Waals surface area contributed by atoms with Gasteiger partial charge < -0.3 is 10.2 Å². The normalized spacial score (nSPS) is 20.5. The average molecular weight is 446 g/mol. The zero-order valence-electron chi connectivity index (χ0n) is 17.0. The van der Waals surface area contributed by atoms with Gasteiger partial charge in [-0.15, -0.1) is 0 Å². The van der Waals surface area contributed by atoms with Crippen LogP contribution >= 0.6 is 0 Å². The lowest BCUT2D eigenvalue weighted by molar-refractivity contribution is -0.158. The molecule has 1 saturated heterocycles. The molecular weight excluding hydrogens is 425 g/mol. The molecule has 2 aliphatic heterocycles. The van der Waals surface area contributed by atoms with Gasteiger partial charge in [0.15, 0.2) is 5.82 Å². The van der Waals surface area contributed by atoms with E-state index in [2.05, 4.69) is 25.5 Å². The summed E-state index contributed by atoms with van der Waals surface area (Å²) < 4.78 is 40.0. The monoisotopic (exact) mass is 446 g/mol. The zero-order chi connectivity index (χ0) is 22.5. The van der Waals surface area contributed by atoms with E-state index in [0.29, 0.717) is 37.3 Å². The summed E-state index contributed by atoms with van der Waals surface area (Å²) >= 11 is 0. The fourth-order valence-electron chi connectivity index (χ4n) is 4.32. The van der Waals surface area contributed by atoms with Crippen molar-refractivity contribution in [3.05, 3.63) is 42.2 Å². The number of hydrogen-bond acceptors (Lipinski definition) is 5. The minimum atomic E-state index is -4.52. The van der Waals surface area contributed by atoms with Gasteiger partial charge >= 0.3 is 12.2 Å². The molecule has 2 atom stereocenters. The second kappa shape index (κ2) is 7.64. The van der Waals surface area contributed by atoms with Gasteiger partial charge in [-0.05, 0) is 49.4 Å². The number of pyridine rings is 2. The van der Waals surface area contributed by atoms with E-state index in [4.69, 9.17) is 0 Å². The molecule has 0 radical (unpaired) electrons. The van der Waals surface area contributed by atoms with Crippen molar-refractivity contribution in [2.75, 3.05) is 28.2 Å². The molecule has 0 spiro atoms. The minimum Gasteiger partial charge on any atom is -0.366 e. The summed E-state index contributed by atoms with van der Waals surface area (Å²) in [7, 11) is 0. The predicted octanol–water partition coefficient (Wildman–Crippen LogP) is 3.18. The molecule has 1 aliphatic carbocycles. The number of amides is 3. The first-order chi connectivity index (χ1) is 15.3. The van der Waals surface area contributed by atoms with Gasteiger partial charge in [0.1, 0.15) is 17.6 Å². The molecule has 168 valence electrons. The summed E-state index contributed by atoms with van der Waals surface area (Å²) in [5, 5.41) is 4.82. The molecule has 4 heterocycles. The zero-order valence-corrected chi connectivity index (χ0v) is 17.0. The Bertz CT molecular complexity index is 1040. The first-order valence-corrected chi connectivity index (χ1v) is 10.5. The van der Waals surface area contributed by atoms with E-state index in [9.17, 15) is 22.8 Å². The van der Waals surface area contributed by atoms with E-state index in [1.54, 1.807) is 30.5 Å². The molecule has 3 aliphatic rings. The van der Waals surface area contributed by atoms with E-state index in [1.165, 1.54) is 11.0 Å². The van der Waals surface area contributed by atoms with Crippen molar-refractivity contribution in [1.82, 2.24) is 15.3 Å². The number of halogens is 3. The third kappa shape index (κ3) is 3.82. The van der Waals surface area contributed by atoms with Crippen LogP contribution in [0.2, 0.25) is 0 Å². The van der Waals surface area contributed by atoms with E-state index in [0.717, 1.165) is 6.54 Å². The highest BCUT2D eigenvalue weighted by Crippen LogP contribution is 2.41. The van der Waals surface area contributed by atoms with Gasteiger partial charge in [-0.3, -0.25) is 15.0 Å². The van der Waals surface area contributed by atoms with Crippen LogP contribution in [0.25, 0.3) is 0 Å². The van der Waals surface area contributed by atoms with Crippen molar-refractivity contribution < 1.29 is 22.8 Å². The highest BCUT2D eigenvalue weighted by molar-refractivity contribution is 6.05. The van der Waals surface area contributed by atoms with Crippen molar-refractivity contribution in [3.63, 3.8) is 0 Å². The Kier molecular flexibility index (Phi) is 4.90. The number of hydrogen-bond donors (Lipinski definition) is 2. The number of urea groups is 1. The standard InChI is InChI=1S/C21H21F3N6O2/c22-21(23,24)17(12-4-5-12)28-19(31)14-6-7-15-18(26-14)30(13-8-10-29(15)11-13)20(32)27-16-3-1-2-9-25-16/h1-3,6-7,9,12-13,17H,4-5,8,10-11H2,(H,28,31)(H,25,27,32)/t13?,17-/m1/s1. The summed E-state index contributed by atoms with van der Waals surface area (Å²) in [6.45, 7) is 1.34. The summed E-state index contributed by atoms with van der Waals surface area (Å²) in [6.07, 6.45) is -1.40. The first-order valence-electron chi connectivity index (χ1n) is 10.5. The maximum absolute atomic E-state index is 13.3. The molecule has 1 unspecified atom stereocenters. The quantitative estimate of drug-likeness (QED) is 0.753. The van der Waals surface area contributed by atoms with E-state index in [-0.39, 0.29) is 17.6 Å². The number of nitrogens with one attached hydrogen (secondary N) is 2. The van der Waals surface area contributed by atoms with Gasteiger partial charge in [0, 0.05) is 19.3 Å². The van der Waals surface area contributed by atoms with E-state index in [1.807, 2.05) is 0 Å². The Balaban J connectivity index is 1.43. The van der Waals surface area contributed by atoms with Crippen LogP contribution in [0.1, 0.15) is 29.8 Å². The van der Waals surface area contributed by atoms with Gasteiger partial charge in [0.2, 0.25) is 0 Å². The molecule has 8 nitrogen and oxygen atoms in total. The second-order valence-electron chi connectivity index (χ2n) is 8.27. The molecule has 2 N–H and O–H groups in total. The molecule has 2 aromatic rings. The topological polar surface area (TPSA) is 90.5 Å². The van der Waals surface area contributed by atoms with E-state index >= 15 is 0 Å². The molecule has 3 amide bonds. The number of carbonyl (C=O) groups excluding carboxylic acids is 2. The number of alkyl halides is 3. The fourth-order valence-corrected chi connectivity index (χ4v) is 4.32. The highest BCUT2D eigenvalue weighted by Gasteiger charge is 2.50. The average Bonchev–Trinajstić information content (AvgIpc) is 3.52. The molecule has 0 aromatic carbocycles. The molecule has 1 saturated carbocycles. The van der Waals surface area contributed by atoms with Gasteiger partial charge in [-0.2, -0.15) is 13.2 Å². The van der Waals surface area contributed by atoms with Gasteiger partial charge in [0.25, 0.3) is 5.91 Å². The number of anilines is 3. The third-order valence-electron chi connectivity index (χ3n) is 6.04.